The minimum absolute atomic E-state index is 0.0170. The minimum Gasteiger partial charge on any atom is -0.454 e. The molecule has 0 saturated carbocycles. The first-order valence-electron chi connectivity index (χ1n) is 9.30. The SMILES string of the molecule is O=C1NCC[NH2+][C@H]1CC(=O)N1CC[NH+](Cc2ccc3c(c2)OCO3)CC1. The van der Waals surface area contributed by atoms with Crippen LogP contribution in [0.2, 0.25) is 0 Å². The van der Waals surface area contributed by atoms with E-state index in [1.807, 2.05) is 22.3 Å². The smallest absolute Gasteiger partial charge is 0.278 e. The van der Waals surface area contributed by atoms with Gasteiger partial charge in [-0.25, -0.2) is 0 Å². The van der Waals surface area contributed by atoms with Crippen molar-refractivity contribution in [1.82, 2.24) is 10.2 Å². The normalized spacial score (nSPS) is 23.0. The third-order valence-electron chi connectivity index (χ3n) is 5.34. The fourth-order valence-electron chi connectivity index (χ4n) is 3.80. The summed E-state index contributed by atoms with van der Waals surface area (Å²) >= 11 is 0. The van der Waals surface area contributed by atoms with Crippen LogP contribution >= 0.6 is 0 Å². The van der Waals surface area contributed by atoms with Crippen molar-refractivity contribution < 1.29 is 29.3 Å². The van der Waals surface area contributed by atoms with Gasteiger partial charge in [-0.1, -0.05) is 0 Å². The first kappa shape index (κ1) is 17.1. The monoisotopic (exact) mass is 362 g/mol. The van der Waals surface area contributed by atoms with Crippen LogP contribution in [0, 0.1) is 0 Å². The van der Waals surface area contributed by atoms with Gasteiger partial charge in [0.05, 0.1) is 45.7 Å². The maximum atomic E-state index is 12.5. The van der Waals surface area contributed by atoms with Crippen molar-refractivity contribution in [2.75, 3.05) is 46.1 Å². The number of fused-ring (bicyclic) bond motifs is 1. The Bertz CT molecular complexity index is 688. The van der Waals surface area contributed by atoms with E-state index in [0.717, 1.165) is 50.8 Å². The molecule has 4 rings (SSSR count). The number of quaternary nitrogens is 2. The fourth-order valence-corrected chi connectivity index (χ4v) is 3.80. The van der Waals surface area contributed by atoms with Gasteiger partial charge in [0.2, 0.25) is 12.7 Å². The van der Waals surface area contributed by atoms with E-state index in [1.165, 1.54) is 10.5 Å². The van der Waals surface area contributed by atoms with Crippen molar-refractivity contribution in [2.45, 2.75) is 19.0 Å². The Balaban J connectivity index is 1.26. The first-order valence-corrected chi connectivity index (χ1v) is 9.30. The zero-order valence-corrected chi connectivity index (χ0v) is 14.8. The second kappa shape index (κ2) is 7.51. The van der Waals surface area contributed by atoms with Gasteiger partial charge in [-0.05, 0) is 18.2 Å². The Morgan fingerprint density at radius 1 is 1.27 bits per heavy atom. The van der Waals surface area contributed by atoms with Gasteiger partial charge in [-0.15, -0.1) is 0 Å². The Hall–Kier alpha value is -2.32. The molecule has 8 nitrogen and oxygen atoms in total. The molecular weight excluding hydrogens is 336 g/mol. The van der Waals surface area contributed by atoms with Crippen LogP contribution in [0.25, 0.3) is 0 Å². The Kier molecular flexibility index (Phi) is 4.94. The van der Waals surface area contributed by atoms with Gasteiger partial charge < -0.3 is 29.9 Å². The van der Waals surface area contributed by atoms with Crippen LogP contribution < -0.4 is 25.0 Å². The lowest BCUT2D eigenvalue weighted by molar-refractivity contribution is -0.917. The summed E-state index contributed by atoms with van der Waals surface area (Å²) in [4.78, 5) is 27.7. The highest BCUT2D eigenvalue weighted by atomic mass is 16.7. The van der Waals surface area contributed by atoms with E-state index < -0.39 is 0 Å². The molecule has 2 fully saturated rings. The van der Waals surface area contributed by atoms with E-state index in [2.05, 4.69) is 11.4 Å². The molecule has 1 atom stereocenters. The van der Waals surface area contributed by atoms with E-state index in [-0.39, 0.29) is 17.9 Å². The predicted octanol–water partition coefficient (Wildman–Crippen LogP) is -2.91. The number of hydrogen-bond donors (Lipinski definition) is 3. The number of rotatable bonds is 4. The van der Waals surface area contributed by atoms with Gasteiger partial charge in [-0.2, -0.15) is 0 Å². The average Bonchev–Trinajstić information content (AvgIpc) is 3.12. The van der Waals surface area contributed by atoms with E-state index >= 15 is 0 Å². The van der Waals surface area contributed by atoms with Gasteiger partial charge in [0, 0.05) is 5.56 Å². The van der Waals surface area contributed by atoms with Crippen molar-refractivity contribution in [2.24, 2.45) is 0 Å². The van der Waals surface area contributed by atoms with Crippen molar-refractivity contribution in [3.63, 3.8) is 0 Å². The second-order valence-electron chi connectivity index (χ2n) is 7.12. The molecule has 140 valence electrons. The number of hydrogen-bond acceptors (Lipinski definition) is 4. The molecule has 3 aliphatic rings. The van der Waals surface area contributed by atoms with Crippen LogP contribution in [0.15, 0.2) is 18.2 Å². The first-order chi connectivity index (χ1) is 12.7. The standard InChI is InChI=1S/C18H24N4O4/c23-17(10-14-18(24)20-4-3-19-14)22-7-5-21(6-8-22)11-13-1-2-15-16(9-13)26-12-25-15/h1-2,9,14,19H,3-8,10-12H2,(H,20,24)/p+2/t14-/m0/s1. The summed E-state index contributed by atoms with van der Waals surface area (Å²) in [6.07, 6.45) is 0.295. The molecule has 8 heteroatoms. The van der Waals surface area contributed by atoms with E-state index in [9.17, 15) is 9.59 Å². The van der Waals surface area contributed by atoms with Crippen molar-refractivity contribution in [3.05, 3.63) is 23.8 Å². The summed E-state index contributed by atoms with van der Waals surface area (Å²) in [6, 6.07) is 5.82. The third-order valence-corrected chi connectivity index (χ3v) is 5.34. The minimum atomic E-state index is -0.268. The van der Waals surface area contributed by atoms with Crippen LogP contribution in [-0.2, 0) is 16.1 Å². The van der Waals surface area contributed by atoms with Gasteiger partial charge >= 0.3 is 0 Å². The molecule has 0 unspecified atom stereocenters. The van der Waals surface area contributed by atoms with Crippen LogP contribution in [0.3, 0.4) is 0 Å². The summed E-state index contributed by atoms with van der Waals surface area (Å²) in [5.41, 5.74) is 1.22. The van der Waals surface area contributed by atoms with Gasteiger partial charge in [0.1, 0.15) is 6.54 Å². The van der Waals surface area contributed by atoms with Crippen LogP contribution in [0.1, 0.15) is 12.0 Å². The van der Waals surface area contributed by atoms with Gasteiger partial charge in [-0.3, -0.25) is 9.59 Å². The molecule has 1 aromatic carbocycles. The molecule has 0 aromatic heterocycles. The average molecular weight is 362 g/mol. The lowest BCUT2D eigenvalue weighted by atomic mass is 10.1. The highest BCUT2D eigenvalue weighted by molar-refractivity contribution is 5.87. The zero-order valence-electron chi connectivity index (χ0n) is 14.8. The Morgan fingerprint density at radius 2 is 2.08 bits per heavy atom. The van der Waals surface area contributed by atoms with Crippen LogP contribution in [0.5, 0.6) is 11.5 Å². The second-order valence-corrected chi connectivity index (χ2v) is 7.12. The van der Waals surface area contributed by atoms with Crippen molar-refractivity contribution >= 4 is 11.8 Å². The molecule has 0 radical (unpaired) electrons. The molecule has 3 aliphatic heterocycles. The Labute approximate surface area is 152 Å². The highest BCUT2D eigenvalue weighted by Gasteiger charge is 2.31. The lowest BCUT2D eigenvalue weighted by Gasteiger charge is -2.33. The number of nitrogens with one attached hydrogen (secondary N) is 2. The van der Waals surface area contributed by atoms with Crippen molar-refractivity contribution in [1.29, 1.82) is 0 Å². The Morgan fingerprint density at radius 3 is 2.88 bits per heavy atom. The van der Waals surface area contributed by atoms with E-state index in [1.54, 1.807) is 0 Å². The molecule has 1 aromatic rings. The number of amides is 2. The molecule has 3 heterocycles. The number of piperazine rings is 2. The summed E-state index contributed by atoms with van der Waals surface area (Å²) in [7, 11) is 0. The molecule has 26 heavy (non-hydrogen) atoms. The van der Waals surface area contributed by atoms with Crippen LogP contribution in [0.4, 0.5) is 0 Å². The lowest BCUT2D eigenvalue weighted by Crippen LogP contribution is -3.13. The van der Waals surface area contributed by atoms with Gasteiger partial charge in [0.15, 0.2) is 17.5 Å². The maximum Gasteiger partial charge on any atom is 0.278 e. The number of nitrogens with two attached hydrogens (primary N) is 1. The molecule has 0 bridgehead atoms. The molecule has 0 spiro atoms. The van der Waals surface area contributed by atoms with Crippen LogP contribution in [-0.4, -0.2) is 68.8 Å². The zero-order chi connectivity index (χ0) is 17.9. The number of ether oxygens (including phenoxy) is 2. The van der Waals surface area contributed by atoms with E-state index in [0.29, 0.717) is 19.8 Å². The quantitative estimate of drug-likeness (QED) is 0.536. The maximum absolute atomic E-state index is 12.5. The topological polar surface area (TPSA) is 88.9 Å². The largest absolute Gasteiger partial charge is 0.454 e. The summed E-state index contributed by atoms with van der Waals surface area (Å²) < 4.78 is 10.8. The molecule has 4 N–H and O–H groups in total. The van der Waals surface area contributed by atoms with Gasteiger partial charge in [0.25, 0.3) is 5.91 Å². The van der Waals surface area contributed by atoms with Crippen molar-refractivity contribution in [3.8, 4) is 11.5 Å². The summed E-state index contributed by atoms with van der Waals surface area (Å²) in [5.74, 6) is 1.70. The number of nitrogens with zero attached hydrogens (tertiary/aromatic N) is 1. The predicted molar refractivity (Wildman–Crippen MR) is 91.8 cm³/mol. The highest BCUT2D eigenvalue weighted by Crippen LogP contribution is 2.32. The third kappa shape index (κ3) is 3.76. The summed E-state index contributed by atoms with van der Waals surface area (Å²) in [6.45, 7) is 6.06. The molecule has 2 amide bonds. The fraction of sp³-hybridized carbons (Fsp3) is 0.556. The number of carbonyl (C=O) groups excluding carboxylic acids is 2. The summed E-state index contributed by atoms with van der Waals surface area (Å²) in [5, 5.41) is 4.80. The molecule has 2 saturated heterocycles. The molecule has 0 aliphatic carbocycles. The molecular formula is C18H26N4O4+2. The number of benzene rings is 1. The number of carbonyl (C=O) groups is 2. The van der Waals surface area contributed by atoms with E-state index in [4.69, 9.17) is 9.47 Å².